The number of carbonyl (C=O) groups excluding carboxylic acids is 2. The van der Waals surface area contributed by atoms with E-state index >= 15 is 0 Å². The first-order valence-corrected chi connectivity index (χ1v) is 10.4. The lowest BCUT2D eigenvalue weighted by Crippen LogP contribution is -2.28. The van der Waals surface area contributed by atoms with E-state index in [1.807, 2.05) is 36.6 Å². The van der Waals surface area contributed by atoms with Gasteiger partial charge in [-0.05, 0) is 24.6 Å². The molecular weight excluding hydrogens is 414 g/mol. The first-order chi connectivity index (χ1) is 15.0. The molecule has 1 N–H and O–H groups in total. The maximum atomic E-state index is 12.9. The van der Waals surface area contributed by atoms with E-state index in [4.69, 9.17) is 4.74 Å². The molecule has 0 aliphatic carbocycles. The zero-order chi connectivity index (χ0) is 22.0. The third kappa shape index (κ3) is 4.10. The standard InChI is InChI=1S/C23H19N3O4S/c1-14-7-9-15(10-8-14)17-12-31-21-20(17)24-13-26(22(21)28)11-19(27)25-18-6-4-3-5-16(18)23(29)30-2/h3-10,12-13H,11H2,1-2H3,(H,25,27). The number of para-hydroxylation sites is 1. The number of thiophene rings is 1. The van der Waals surface area contributed by atoms with Gasteiger partial charge in [-0.15, -0.1) is 11.3 Å². The summed E-state index contributed by atoms with van der Waals surface area (Å²) in [5.41, 5.74) is 3.91. The van der Waals surface area contributed by atoms with E-state index in [2.05, 4.69) is 10.3 Å². The minimum Gasteiger partial charge on any atom is -0.465 e. The smallest absolute Gasteiger partial charge is 0.339 e. The summed E-state index contributed by atoms with van der Waals surface area (Å²) in [7, 11) is 1.27. The van der Waals surface area contributed by atoms with Crippen molar-refractivity contribution in [3.05, 3.63) is 81.7 Å². The quantitative estimate of drug-likeness (QED) is 0.483. The number of aryl methyl sites for hydroxylation is 1. The summed E-state index contributed by atoms with van der Waals surface area (Å²) in [4.78, 5) is 41.8. The summed E-state index contributed by atoms with van der Waals surface area (Å²) in [6.45, 7) is 1.79. The number of methoxy groups -OCH3 is 1. The van der Waals surface area contributed by atoms with Crippen LogP contribution in [0.2, 0.25) is 0 Å². The van der Waals surface area contributed by atoms with Crippen molar-refractivity contribution in [2.75, 3.05) is 12.4 Å². The Labute approximate surface area is 181 Å². The summed E-state index contributed by atoms with van der Waals surface area (Å²) in [6.07, 6.45) is 1.38. The molecule has 2 aromatic heterocycles. The average molecular weight is 433 g/mol. The van der Waals surface area contributed by atoms with E-state index < -0.39 is 11.9 Å². The molecule has 0 aliphatic heterocycles. The van der Waals surface area contributed by atoms with Gasteiger partial charge in [0.1, 0.15) is 11.2 Å². The molecule has 2 aromatic carbocycles. The highest BCUT2D eigenvalue weighted by molar-refractivity contribution is 7.17. The number of benzene rings is 2. The summed E-state index contributed by atoms with van der Waals surface area (Å²) in [5.74, 6) is -1.01. The first-order valence-electron chi connectivity index (χ1n) is 9.49. The number of fused-ring (bicyclic) bond motifs is 1. The molecule has 0 spiro atoms. The molecular formula is C23H19N3O4S. The fourth-order valence-corrected chi connectivity index (χ4v) is 4.19. The molecule has 0 unspecified atom stereocenters. The van der Waals surface area contributed by atoms with Crippen molar-refractivity contribution in [2.45, 2.75) is 13.5 Å². The maximum Gasteiger partial charge on any atom is 0.339 e. The Morgan fingerprint density at radius 1 is 1.13 bits per heavy atom. The highest BCUT2D eigenvalue weighted by atomic mass is 32.1. The Hall–Kier alpha value is -3.78. The van der Waals surface area contributed by atoms with Crippen LogP contribution in [0.1, 0.15) is 15.9 Å². The van der Waals surface area contributed by atoms with Gasteiger partial charge in [-0.25, -0.2) is 9.78 Å². The van der Waals surface area contributed by atoms with Gasteiger partial charge in [-0.3, -0.25) is 14.2 Å². The van der Waals surface area contributed by atoms with Gasteiger partial charge in [0, 0.05) is 10.9 Å². The lowest BCUT2D eigenvalue weighted by molar-refractivity contribution is -0.116. The lowest BCUT2D eigenvalue weighted by Gasteiger charge is -2.10. The molecule has 0 saturated carbocycles. The van der Waals surface area contributed by atoms with Gasteiger partial charge in [-0.1, -0.05) is 42.0 Å². The van der Waals surface area contributed by atoms with Crippen LogP contribution in [0.15, 0.2) is 65.0 Å². The van der Waals surface area contributed by atoms with Crippen LogP contribution in [-0.4, -0.2) is 28.5 Å². The number of ether oxygens (including phenoxy) is 1. The van der Waals surface area contributed by atoms with Gasteiger partial charge < -0.3 is 10.1 Å². The van der Waals surface area contributed by atoms with Crippen molar-refractivity contribution >= 4 is 39.1 Å². The van der Waals surface area contributed by atoms with E-state index in [1.54, 1.807) is 24.3 Å². The molecule has 7 nitrogen and oxygen atoms in total. The second-order valence-corrected chi connectivity index (χ2v) is 7.84. The summed E-state index contributed by atoms with van der Waals surface area (Å²) in [6, 6.07) is 14.5. The van der Waals surface area contributed by atoms with Crippen LogP contribution in [0.25, 0.3) is 21.3 Å². The molecule has 0 aliphatic rings. The number of hydrogen-bond acceptors (Lipinski definition) is 6. The number of aromatic nitrogens is 2. The molecule has 31 heavy (non-hydrogen) atoms. The van der Waals surface area contributed by atoms with E-state index in [1.165, 1.54) is 29.3 Å². The van der Waals surface area contributed by atoms with E-state index in [-0.39, 0.29) is 17.7 Å². The van der Waals surface area contributed by atoms with Gasteiger partial charge in [-0.2, -0.15) is 0 Å². The fourth-order valence-electron chi connectivity index (χ4n) is 3.22. The SMILES string of the molecule is COC(=O)c1ccccc1NC(=O)Cn1cnc2c(-c3ccc(C)cc3)csc2c1=O. The Morgan fingerprint density at radius 2 is 1.87 bits per heavy atom. The molecule has 0 saturated heterocycles. The van der Waals surface area contributed by atoms with Crippen molar-refractivity contribution in [1.29, 1.82) is 0 Å². The second-order valence-electron chi connectivity index (χ2n) is 6.96. The van der Waals surface area contributed by atoms with Crippen LogP contribution in [-0.2, 0) is 16.1 Å². The van der Waals surface area contributed by atoms with Gasteiger partial charge in [0.15, 0.2) is 0 Å². The molecule has 4 aromatic rings. The topological polar surface area (TPSA) is 90.3 Å². The molecule has 2 heterocycles. The predicted molar refractivity (Wildman–Crippen MR) is 120 cm³/mol. The van der Waals surface area contributed by atoms with Crippen LogP contribution >= 0.6 is 11.3 Å². The molecule has 0 radical (unpaired) electrons. The zero-order valence-electron chi connectivity index (χ0n) is 16.9. The Balaban J connectivity index is 1.59. The molecule has 0 atom stereocenters. The molecule has 0 fully saturated rings. The molecule has 0 bridgehead atoms. The fraction of sp³-hybridized carbons (Fsp3) is 0.130. The van der Waals surface area contributed by atoms with Gasteiger partial charge in [0.25, 0.3) is 5.56 Å². The summed E-state index contributed by atoms with van der Waals surface area (Å²) >= 11 is 1.31. The van der Waals surface area contributed by atoms with Gasteiger partial charge in [0.05, 0.1) is 30.2 Å². The number of hydrogen-bond donors (Lipinski definition) is 1. The number of amides is 1. The first kappa shape index (κ1) is 20.5. The Kier molecular flexibility index (Phi) is 5.64. The highest BCUT2D eigenvalue weighted by Crippen LogP contribution is 2.30. The number of carbonyl (C=O) groups is 2. The number of nitrogens with one attached hydrogen (secondary N) is 1. The highest BCUT2D eigenvalue weighted by Gasteiger charge is 2.16. The van der Waals surface area contributed by atoms with E-state index in [0.29, 0.717) is 15.9 Å². The third-order valence-electron chi connectivity index (χ3n) is 4.83. The maximum absolute atomic E-state index is 12.9. The number of nitrogens with zero attached hydrogens (tertiary/aromatic N) is 2. The lowest BCUT2D eigenvalue weighted by atomic mass is 10.1. The molecule has 156 valence electrons. The van der Waals surface area contributed by atoms with Crippen LogP contribution in [0, 0.1) is 6.92 Å². The predicted octanol–water partition coefficient (Wildman–Crippen LogP) is 3.86. The minimum atomic E-state index is -0.557. The van der Waals surface area contributed by atoms with E-state index in [9.17, 15) is 14.4 Å². The second kappa shape index (κ2) is 8.53. The Morgan fingerprint density at radius 3 is 2.61 bits per heavy atom. The normalized spacial score (nSPS) is 10.8. The number of esters is 1. The van der Waals surface area contributed by atoms with Crippen molar-refractivity contribution in [3.8, 4) is 11.1 Å². The third-order valence-corrected chi connectivity index (χ3v) is 5.79. The molecule has 8 heteroatoms. The summed E-state index contributed by atoms with van der Waals surface area (Å²) in [5, 5.41) is 4.57. The monoisotopic (exact) mass is 433 g/mol. The van der Waals surface area contributed by atoms with Gasteiger partial charge in [0.2, 0.25) is 5.91 Å². The molecule has 4 rings (SSSR count). The largest absolute Gasteiger partial charge is 0.465 e. The van der Waals surface area contributed by atoms with Crippen molar-refractivity contribution < 1.29 is 14.3 Å². The van der Waals surface area contributed by atoms with Crippen LogP contribution < -0.4 is 10.9 Å². The van der Waals surface area contributed by atoms with Crippen LogP contribution in [0.5, 0.6) is 0 Å². The number of anilines is 1. The van der Waals surface area contributed by atoms with E-state index in [0.717, 1.165) is 16.7 Å². The summed E-state index contributed by atoms with van der Waals surface area (Å²) < 4.78 is 6.48. The molecule has 1 amide bonds. The van der Waals surface area contributed by atoms with Gasteiger partial charge >= 0.3 is 5.97 Å². The minimum absolute atomic E-state index is 0.227. The van der Waals surface area contributed by atoms with Crippen LogP contribution in [0.3, 0.4) is 0 Å². The van der Waals surface area contributed by atoms with Crippen molar-refractivity contribution in [3.63, 3.8) is 0 Å². The average Bonchev–Trinajstić information content (AvgIpc) is 3.21. The van der Waals surface area contributed by atoms with Crippen molar-refractivity contribution in [1.82, 2.24) is 9.55 Å². The van der Waals surface area contributed by atoms with Crippen molar-refractivity contribution in [2.24, 2.45) is 0 Å². The zero-order valence-corrected chi connectivity index (χ0v) is 17.7. The number of rotatable bonds is 5. The van der Waals surface area contributed by atoms with Crippen LogP contribution in [0.4, 0.5) is 5.69 Å². The Bertz CT molecular complexity index is 1340.